The summed E-state index contributed by atoms with van der Waals surface area (Å²) in [6.45, 7) is 6.14. The molecule has 1 aliphatic carbocycles. The average Bonchev–Trinajstić information content (AvgIpc) is 2.51. The van der Waals surface area contributed by atoms with Gasteiger partial charge in [-0.3, -0.25) is 4.79 Å². The van der Waals surface area contributed by atoms with E-state index in [1.165, 1.54) is 11.1 Å². The van der Waals surface area contributed by atoms with Crippen molar-refractivity contribution < 1.29 is 10.3 Å². The molecule has 0 saturated heterocycles. The van der Waals surface area contributed by atoms with Crippen molar-refractivity contribution in [2.24, 2.45) is 11.1 Å². The molecule has 0 amide bonds. The Bertz CT molecular complexity index is 632. The number of carbonyl (C=O) groups excluding carboxylic acids is 1. The van der Waals surface area contributed by atoms with Crippen LogP contribution in [0.4, 0.5) is 0 Å². The monoisotopic (exact) mass is 315 g/mol. The minimum atomic E-state index is -0.229. The largest absolute Gasteiger partial charge is 0.412 e. The number of carbonyl (C=O) groups is 1. The van der Waals surface area contributed by atoms with E-state index in [0.717, 1.165) is 12.0 Å². The Kier molecular flexibility index (Phi) is 7.04. The van der Waals surface area contributed by atoms with Crippen molar-refractivity contribution in [3.05, 3.63) is 63.7 Å². The van der Waals surface area contributed by atoms with Crippen molar-refractivity contribution in [2.45, 2.75) is 46.0 Å². The van der Waals surface area contributed by atoms with E-state index in [9.17, 15) is 9.70 Å². The van der Waals surface area contributed by atoms with E-state index in [1.54, 1.807) is 0 Å². The maximum Gasteiger partial charge on any atom is 0.141 e. The molecule has 0 bridgehead atoms. The molecule has 0 aromatic heterocycles. The molecule has 4 nitrogen and oxygen atoms in total. The van der Waals surface area contributed by atoms with Crippen molar-refractivity contribution in [2.75, 3.05) is 0 Å². The second-order valence-corrected chi connectivity index (χ2v) is 6.00. The highest BCUT2D eigenvalue weighted by molar-refractivity contribution is 5.86. The summed E-state index contributed by atoms with van der Waals surface area (Å²) >= 11 is 0. The molecule has 124 valence electrons. The van der Waals surface area contributed by atoms with Crippen molar-refractivity contribution in [3.63, 3.8) is 0 Å². The number of nitrogens with zero attached hydrogens (tertiary/aromatic N) is 1. The zero-order valence-corrected chi connectivity index (χ0v) is 14.0. The number of nitroso groups, excluding NO2 is 1. The molecule has 0 spiro atoms. The first kappa shape index (κ1) is 19.0. The topological polar surface area (TPSA) is 78.0 Å². The Morgan fingerprint density at radius 1 is 1.30 bits per heavy atom. The molecule has 0 heterocycles. The van der Waals surface area contributed by atoms with Crippen LogP contribution in [0.2, 0.25) is 0 Å². The maximum absolute atomic E-state index is 12.7. The van der Waals surface area contributed by atoms with E-state index in [4.69, 9.17) is 0 Å². The molecule has 2 rings (SSSR count). The van der Waals surface area contributed by atoms with Gasteiger partial charge in [-0.15, -0.1) is 4.91 Å². The molecule has 0 fully saturated rings. The lowest BCUT2D eigenvalue weighted by Gasteiger charge is -2.24. The highest BCUT2D eigenvalue weighted by atomic mass is 16.3. The molecule has 23 heavy (non-hydrogen) atoms. The molecule has 0 radical (unpaired) electrons. The van der Waals surface area contributed by atoms with Crippen LogP contribution in [0.25, 0.3) is 0 Å². The van der Waals surface area contributed by atoms with Crippen LogP contribution < -0.4 is 0 Å². The number of benzene rings is 1. The molecule has 4 heteroatoms. The maximum atomic E-state index is 12.7. The van der Waals surface area contributed by atoms with Gasteiger partial charge >= 0.3 is 0 Å². The summed E-state index contributed by atoms with van der Waals surface area (Å²) in [7, 11) is 0. The fourth-order valence-corrected chi connectivity index (χ4v) is 2.95. The van der Waals surface area contributed by atoms with Crippen molar-refractivity contribution in [3.8, 4) is 0 Å². The fraction of sp³-hybridized carbons (Fsp3) is 0.421. The van der Waals surface area contributed by atoms with Gasteiger partial charge < -0.3 is 5.48 Å². The summed E-state index contributed by atoms with van der Waals surface area (Å²) in [6.07, 6.45) is 7.76. The lowest BCUT2D eigenvalue weighted by atomic mass is 9.78. The SMILES string of the molecule is CCCC(=O)C(c1ccc(C)c(C)c1)C1C=CCC(N=O)=C1.O. The van der Waals surface area contributed by atoms with E-state index in [0.29, 0.717) is 18.5 Å². The lowest BCUT2D eigenvalue weighted by molar-refractivity contribution is -0.121. The minimum absolute atomic E-state index is 0. The summed E-state index contributed by atoms with van der Waals surface area (Å²) in [5.74, 6) is -0.0843. The summed E-state index contributed by atoms with van der Waals surface area (Å²) in [4.78, 5) is 23.5. The molecule has 0 saturated carbocycles. The van der Waals surface area contributed by atoms with E-state index in [1.807, 2.05) is 31.2 Å². The highest BCUT2D eigenvalue weighted by Crippen LogP contribution is 2.34. The molecule has 1 aliphatic rings. The number of aryl methyl sites for hydroxylation is 2. The molecular weight excluding hydrogens is 290 g/mol. The van der Waals surface area contributed by atoms with Gasteiger partial charge in [0.1, 0.15) is 5.78 Å². The predicted octanol–water partition coefficient (Wildman–Crippen LogP) is 4.16. The number of allylic oxidation sites excluding steroid dienone is 3. The Morgan fingerprint density at radius 2 is 2.04 bits per heavy atom. The van der Waals surface area contributed by atoms with Crippen LogP contribution in [0.3, 0.4) is 0 Å². The zero-order chi connectivity index (χ0) is 16.1. The first-order valence-corrected chi connectivity index (χ1v) is 7.87. The van der Waals surface area contributed by atoms with Crippen molar-refractivity contribution in [1.82, 2.24) is 0 Å². The number of ketones is 1. The third-order valence-electron chi connectivity index (χ3n) is 4.31. The summed E-state index contributed by atoms with van der Waals surface area (Å²) in [5.41, 5.74) is 3.95. The fourth-order valence-electron chi connectivity index (χ4n) is 2.95. The number of hydrogen-bond donors (Lipinski definition) is 0. The molecule has 1 aromatic rings. The third-order valence-corrected chi connectivity index (χ3v) is 4.31. The van der Waals surface area contributed by atoms with Crippen LogP contribution in [0.5, 0.6) is 0 Å². The van der Waals surface area contributed by atoms with Gasteiger partial charge in [0.25, 0.3) is 0 Å². The van der Waals surface area contributed by atoms with Gasteiger partial charge in [-0.1, -0.05) is 43.4 Å². The van der Waals surface area contributed by atoms with Crippen LogP contribution in [-0.4, -0.2) is 11.3 Å². The molecule has 2 atom stereocenters. The van der Waals surface area contributed by atoms with Gasteiger partial charge in [0.2, 0.25) is 0 Å². The van der Waals surface area contributed by atoms with Crippen LogP contribution >= 0.6 is 0 Å². The first-order chi connectivity index (χ1) is 10.6. The van der Waals surface area contributed by atoms with E-state index in [-0.39, 0.29) is 23.1 Å². The lowest BCUT2D eigenvalue weighted by Crippen LogP contribution is -2.21. The van der Waals surface area contributed by atoms with Gasteiger partial charge in [-0.05, 0) is 42.1 Å². The van der Waals surface area contributed by atoms with E-state index in [2.05, 4.69) is 31.2 Å². The third kappa shape index (κ3) is 4.45. The van der Waals surface area contributed by atoms with Crippen LogP contribution in [0.15, 0.2) is 47.3 Å². The normalized spacial score (nSPS) is 17.9. The van der Waals surface area contributed by atoms with Gasteiger partial charge in [-0.2, -0.15) is 0 Å². The Morgan fingerprint density at radius 3 is 2.65 bits per heavy atom. The molecule has 2 N–H and O–H groups in total. The number of Topliss-reactive ketones (excluding diaryl/α,β-unsaturated/α-hetero) is 1. The Balaban J connectivity index is 0.00000264. The minimum Gasteiger partial charge on any atom is -0.412 e. The van der Waals surface area contributed by atoms with Gasteiger partial charge in [0, 0.05) is 18.8 Å². The van der Waals surface area contributed by atoms with E-state index < -0.39 is 0 Å². The standard InChI is InChI=1S/C19H23NO2.H2O/c1-4-6-18(21)19(15-7-5-8-17(12-15)20-22)16-10-9-13(2)14(3)11-16;/h5,7,9-12,15,19H,4,6,8H2,1-3H3;1H2. The summed E-state index contributed by atoms with van der Waals surface area (Å²) in [5, 5.41) is 3.06. The zero-order valence-electron chi connectivity index (χ0n) is 14.0. The Hall–Kier alpha value is -2.07. The molecule has 0 aliphatic heterocycles. The molecular formula is C19H25NO3. The van der Waals surface area contributed by atoms with Crippen LogP contribution in [-0.2, 0) is 4.79 Å². The quantitative estimate of drug-likeness (QED) is 0.583. The number of rotatable bonds is 6. The molecule has 1 aromatic carbocycles. The van der Waals surface area contributed by atoms with E-state index >= 15 is 0 Å². The molecule has 2 unspecified atom stereocenters. The summed E-state index contributed by atoms with van der Waals surface area (Å²) in [6, 6.07) is 6.19. The predicted molar refractivity (Wildman–Crippen MR) is 93.3 cm³/mol. The van der Waals surface area contributed by atoms with Gasteiger partial charge in [0.05, 0.1) is 11.6 Å². The van der Waals surface area contributed by atoms with Crippen LogP contribution in [0.1, 0.15) is 48.8 Å². The summed E-state index contributed by atoms with van der Waals surface area (Å²) < 4.78 is 0. The van der Waals surface area contributed by atoms with Crippen molar-refractivity contribution >= 4 is 5.78 Å². The van der Waals surface area contributed by atoms with Gasteiger partial charge in [0.15, 0.2) is 0 Å². The highest BCUT2D eigenvalue weighted by Gasteiger charge is 2.28. The number of hydrogen-bond acceptors (Lipinski definition) is 3. The van der Waals surface area contributed by atoms with Gasteiger partial charge in [-0.25, -0.2) is 0 Å². The smallest absolute Gasteiger partial charge is 0.141 e. The average molecular weight is 315 g/mol. The second kappa shape index (κ2) is 8.53. The first-order valence-electron chi connectivity index (χ1n) is 7.87. The van der Waals surface area contributed by atoms with Crippen LogP contribution in [0, 0.1) is 24.7 Å². The second-order valence-electron chi connectivity index (χ2n) is 6.00. The van der Waals surface area contributed by atoms with Crippen molar-refractivity contribution in [1.29, 1.82) is 0 Å². The Labute approximate surface area is 137 Å².